The fourth-order valence-electron chi connectivity index (χ4n) is 5.34. The first-order valence-corrected chi connectivity index (χ1v) is 14.3. The molecule has 0 spiro atoms. The van der Waals surface area contributed by atoms with E-state index in [1.54, 1.807) is 0 Å². The molecular formula is C37H44N2O. The topological polar surface area (TPSA) is 41.1 Å². The number of hydrogen-bond acceptors (Lipinski definition) is 2. The first-order chi connectivity index (χ1) is 18.8. The summed E-state index contributed by atoms with van der Waals surface area (Å²) in [5.74, 6) is -0.0180. The predicted molar refractivity (Wildman–Crippen MR) is 173 cm³/mol. The third-order valence-corrected chi connectivity index (χ3v) is 7.07. The Morgan fingerprint density at radius 3 is 1.57 bits per heavy atom. The molecule has 4 aromatic rings. The van der Waals surface area contributed by atoms with Gasteiger partial charge in [0, 0.05) is 22.3 Å². The van der Waals surface area contributed by atoms with Crippen LogP contribution in [0.15, 0.2) is 91.5 Å². The van der Waals surface area contributed by atoms with Crippen molar-refractivity contribution in [2.75, 3.05) is 0 Å². The van der Waals surface area contributed by atoms with Gasteiger partial charge in [-0.25, -0.2) is 0 Å². The Balaban J connectivity index is 1.54. The van der Waals surface area contributed by atoms with Gasteiger partial charge in [0.15, 0.2) is 0 Å². The summed E-state index contributed by atoms with van der Waals surface area (Å²) >= 11 is 0. The summed E-state index contributed by atoms with van der Waals surface area (Å²) in [7, 11) is 0. The lowest BCUT2D eigenvalue weighted by Crippen LogP contribution is -2.41. The molecule has 3 nitrogen and oxygen atoms in total. The first kappa shape index (κ1) is 29.1. The highest BCUT2D eigenvalue weighted by Crippen LogP contribution is 2.30. The fraction of sp³-hybridized carbons (Fsp3) is 0.324. The van der Waals surface area contributed by atoms with Gasteiger partial charge in [-0.3, -0.25) is 4.79 Å². The van der Waals surface area contributed by atoms with Crippen molar-refractivity contribution in [1.29, 1.82) is 0 Å². The van der Waals surface area contributed by atoms with E-state index in [1.165, 1.54) is 27.5 Å². The van der Waals surface area contributed by atoms with Gasteiger partial charge in [0.1, 0.15) is 0 Å². The van der Waals surface area contributed by atoms with E-state index < -0.39 is 0 Å². The summed E-state index contributed by atoms with van der Waals surface area (Å²) in [6.07, 6.45) is 3.38. The van der Waals surface area contributed by atoms with Crippen LogP contribution in [0.25, 0.3) is 27.2 Å². The number of amides is 1. The fourth-order valence-corrected chi connectivity index (χ4v) is 5.34. The third-order valence-electron chi connectivity index (χ3n) is 7.07. The molecule has 1 amide bonds. The molecule has 0 saturated carbocycles. The number of rotatable bonds is 9. The van der Waals surface area contributed by atoms with Crippen LogP contribution in [-0.2, 0) is 12.8 Å². The predicted octanol–water partition coefficient (Wildman–Crippen LogP) is 9.00. The summed E-state index contributed by atoms with van der Waals surface area (Å²) in [4.78, 5) is 13.4. The van der Waals surface area contributed by atoms with Crippen molar-refractivity contribution in [3.63, 3.8) is 0 Å². The summed E-state index contributed by atoms with van der Waals surface area (Å²) in [5.41, 5.74) is 6.07. The number of nitrogens with one attached hydrogen (secondary N) is 2. The zero-order valence-electron chi connectivity index (χ0n) is 25.1. The smallest absolute Gasteiger partial charge is 0.252 e. The van der Waals surface area contributed by atoms with Crippen LogP contribution in [0.2, 0.25) is 0 Å². The highest BCUT2D eigenvalue weighted by Gasteiger charge is 2.21. The molecule has 4 aromatic carbocycles. The third kappa shape index (κ3) is 7.21. The van der Waals surface area contributed by atoms with Crippen molar-refractivity contribution in [3.8, 4) is 0 Å². The van der Waals surface area contributed by atoms with Crippen LogP contribution >= 0.6 is 0 Å². The highest BCUT2D eigenvalue weighted by molar-refractivity contribution is 6.08. The Bertz CT molecular complexity index is 1450. The average molecular weight is 533 g/mol. The second-order valence-corrected chi connectivity index (χ2v) is 12.9. The lowest BCUT2D eigenvalue weighted by molar-refractivity contribution is 0.0920. The Morgan fingerprint density at radius 1 is 0.625 bits per heavy atom. The lowest BCUT2D eigenvalue weighted by atomic mass is 9.90. The molecule has 3 heteroatoms. The summed E-state index contributed by atoms with van der Waals surface area (Å²) < 4.78 is 0. The molecule has 0 unspecified atom stereocenters. The van der Waals surface area contributed by atoms with E-state index in [4.69, 9.17) is 0 Å². The van der Waals surface area contributed by atoms with Crippen LogP contribution in [0.1, 0.15) is 81.4 Å². The Kier molecular flexibility index (Phi) is 8.54. The molecule has 208 valence electrons. The van der Waals surface area contributed by atoms with E-state index in [9.17, 15) is 4.79 Å². The van der Waals surface area contributed by atoms with Crippen LogP contribution in [0.3, 0.4) is 0 Å². The van der Waals surface area contributed by atoms with Crippen molar-refractivity contribution in [2.24, 2.45) is 0 Å². The maximum absolute atomic E-state index is 13.4. The largest absolute Gasteiger partial charge is 0.380 e. The summed E-state index contributed by atoms with van der Waals surface area (Å²) in [5, 5.41) is 11.3. The second-order valence-electron chi connectivity index (χ2n) is 12.9. The molecule has 0 radical (unpaired) electrons. The molecule has 0 saturated heterocycles. The molecular weight excluding hydrogens is 488 g/mol. The highest BCUT2D eigenvalue weighted by atomic mass is 16.1. The van der Waals surface area contributed by atoms with Gasteiger partial charge in [0.2, 0.25) is 0 Å². The number of aryl methyl sites for hydroxylation is 2. The van der Waals surface area contributed by atoms with E-state index >= 15 is 0 Å². The number of carbonyl (C=O) groups is 1. The molecule has 2 N–H and O–H groups in total. The number of allylic oxidation sites excluding steroid dienone is 1. The minimum absolute atomic E-state index is 0.0180. The van der Waals surface area contributed by atoms with Gasteiger partial charge in [0.25, 0.3) is 5.91 Å². The van der Waals surface area contributed by atoms with Crippen LogP contribution in [0.5, 0.6) is 0 Å². The maximum Gasteiger partial charge on any atom is 0.252 e. The monoisotopic (exact) mass is 532 g/mol. The molecule has 40 heavy (non-hydrogen) atoms. The van der Waals surface area contributed by atoms with E-state index in [1.807, 2.05) is 39.0 Å². The van der Waals surface area contributed by atoms with E-state index in [0.717, 1.165) is 53.3 Å². The molecule has 0 aromatic heterocycles. The lowest BCUT2D eigenvalue weighted by Gasteiger charge is -2.26. The second kappa shape index (κ2) is 11.7. The Labute approximate surface area is 240 Å². The Morgan fingerprint density at radius 2 is 1.07 bits per heavy atom. The maximum atomic E-state index is 13.4. The van der Waals surface area contributed by atoms with Crippen LogP contribution in [0.4, 0.5) is 0 Å². The number of carbonyl (C=O) groups excluding carboxylic acids is 1. The Hall–Kier alpha value is -3.85. The van der Waals surface area contributed by atoms with Crippen LogP contribution in [-0.4, -0.2) is 17.0 Å². The van der Waals surface area contributed by atoms with Crippen LogP contribution in [0, 0.1) is 0 Å². The molecule has 0 bridgehead atoms. The first-order valence-electron chi connectivity index (χ1n) is 14.3. The van der Waals surface area contributed by atoms with Crippen molar-refractivity contribution in [3.05, 3.63) is 114 Å². The normalized spacial score (nSPS) is 11.9. The molecule has 0 fully saturated rings. The van der Waals surface area contributed by atoms with Gasteiger partial charge in [0.05, 0.1) is 5.56 Å². The molecule has 0 heterocycles. The zero-order chi connectivity index (χ0) is 29.1. The van der Waals surface area contributed by atoms with Gasteiger partial charge in [-0.1, -0.05) is 91.5 Å². The summed E-state index contributed by atoms with van der Waals surface area (Å²) in [6, 6.07) is 25.3. The standard InChI is InChI=1S/C37H44N2O/c1-25(17-19-29-23-21-27-13-9-11-15-31(27)33(29)26(2)38-36(3,4)5)18-20-30-24-22-28-14-10-12-16-32(28)34(30)35(40)39-37(6,7)8/h9-16,21-24,38H,1-2,17-20H2,3-8H3,(H,39,40). The van der Waals surface area contributed by atoms with E-state index in [2.05, 4.69) is 99.2 Å². The average Bonchev–Trinajstić information content (AvgIpc) is 2.87. The van der Waals surface area contributed by atoms with Gasteiger partial charge in [-0.2, -0.15) is 0 Å². The molecule has 0 aliphatic rings. The van der Waals surface area contributed by atoms with Crippen LogP contribution < -0.4 is 10.6 Å². The van der Waals surface area contributed by atoms with Gasteiger partial charge >= 0.3 is 0 Å². The van der Waals surface area contributed by atoms with E-state index in [0.29, 0.717) is 0 Å². The van der Waals surface area contributed by atoms with Gasteiger partial charge in [-0.15, -0.1) is 0 Å². The van der Waals surface area contributed by atoms with Crippen molar-refractivity contribution in [2.45, 2.75) is 78.3 Å². The SMILES string of the molecule is C=C(CCc1ccc2ccccc2c1C(=C)NC(C)(C)C)CCc1ccc2ccccc2c1C(=O)NC(C)(C)C. The quantitative estimate of drug-likeness (QED) is 0.211. The number of hydrogen-bond donors (Lipinski definition) is 2. The number of fused-ring (bicyclic) bond motifs is 2. The molecule has 0 atom stereocenters. The molecule has 4 rings (SSSR count). The molecule has 0 aliphatic heterocycles. The van der Waals surface area contributed by atoms with E-state index in [-0.39, 0.29) is 17.0 Å². The van der Waals surface area contributed by atoms with Crippen molar-refractivity contribution < 1.29 is 4.79 Å². The van der Waals surface area contributed by atoms with Gasteiger partial charge in [-0.05, 0) is 99.9 Å². The number of benzene rings is 4. The van der Waals surface area contributed by atoms with Gasteiger partial charge < -0.3 is 10.6 Å². The minimum atomic E-state index is -0.307. The minimum Gasteiger partial charge on any atom is -0.380 e. The van der Waals surface area contributed by atoms with Crippen molar-refractivity contribution in [1.82, 2.24) is 10.6 Å². The zero-order valence-corrected chi connectivity index (χ0v) is 25.1. The van der Waals surface area contributed by atoms with Crippen molar-refractivity contribution >= 4 is 33.1 Å². The molecule has 0 aliphatic carbocycles. The summed E-state index contributed by atoms with van der Waals surface area (Å²) in [6.45, 7) is 21.4.